The van der Waals surface area contributed by atoms with Crippen LogP contribution in [0.2, 0.25) is 5.02 Å². The van der Waals surface area contributed by atoms with Crippen LogP contribution in [0.25, 0.3) is 0 Å². The number of nitrogens with one attached hydrogen (secondary N) is 1. The number of aromatic hydroxyl groups is 1. The molecule has 0 bridgehead atoms. The lowest BCUT2D eigenvalue weighted by atomic mass is 10.3. The van der Waals surface area contributed by atoms with Gasteiger partial charge < -0.3 is 9.84 Å². The minimum atomic E-state index is -3.55. The first kappa shape index (κ1) is 13.5. The molecule has 0 aliphatic carbocycles. The van der Waals surface area contributed by atoms with E-state index in [1.165, 1.54) is 18.2 Å². The molecule has 18 heavy (non-hydrogen) atoms. The van der Waals surface area contributed by atoms with Gasteiger partial charge in [-0.15, -0.1) is 0 Å². The molecule has 100 valence electrons. The molecular formula is C11H14ClNO4S. The fraction of sp³-hybridized carbons (Fsp3) is 0.455. The topological polar surface area (TPSA) is 75.6 Å². The molecule has 0 radical (unpaired) electrons. The molecule has 7 heteroatoms. The summed E-state index contributed by atoms with van der Waals surface area (Å²) in [6.45, 7) is 0.600. The zero-order valence-electron chi connectivity index (χ0n) is 9.60. The molecule has 0 spiro atoms. The van der Waals surface area contributed by atoms with Gasteiger partial charge in [0.05, 0.1) is 17.5 Å². The van der Waals surface area contributed by atoms with Crippen LogP contribution in [0.1, 0.15) is 12.8 Å². The lowest BCUT2D eigenvalue weighted by molar-refractivity contribution is 0.127. The molecule has 1 aliphatic rings. The lowest BCUT2D eigenvalue weighted by Crippen LogP contribution is -2.25. The monoisotopic (exact) mass is 291 g/mol. The number of hydrogen-bond donors (Lipinski definition) is 2. The van der Waals surface area contributed by atoms with Crippen molar-refractivity contribution in [3.63, 3.8) is 0 Å². The van der Waals surface area contributed by atoms with Crippen LogP contribution in [0, 0.1) is 0 Å². The molecular weight excluding hydrogens is 278 g/mol. The van der Waals surface area contributed by atoms with Crippen LogP contribution in [0.4, 0.5) is 5.69 Å². The number of benzene rings is 1. The van der Waals surface area contributed by atoms with Crippen molar-refractivity contribution in [3.8, 4) is 5.75 Å². The fourth-order valence-electron chi connectivity index (χ4n) is 1.82. The number of phenols is 1. The van der Waals surface area contributed by atoms with E-state index in [1.807, 2.05) is 0 Å². The van der Waals surface area contributed by atoms with Crippen LogP contribution in [-0.2, 0) is 14.8 Å². The highest BCUT2D eigenvalue weighted by atomic mass is 35.5. The quantitative estimate of drug-likeness (QED) is 0.832. The summed E-state index contributed by atoms with van der Waals surface area (Å²) in [5.41, 5.74) is 0.0838. The van der Waals surface area contributed by atoms with Crippen LogP contribution >= 0.6 is 11.6 Å². The third-order valence-electron chi connectivity index (χ3n) is 2.65. The Morgan fingerprint density at radius 2 is 2.28 bits per heavy atom. The normalized spacial score (nSPS) is 19.9. The van der Waals surface area contributed by atoms with Gasteiger partial charge in [0.1, 0.15) is 5.75 Å². The number of hydrogen-bond acceptors (Lipinski definition) is 4. The fourth-order valence-corrected chi connectivity index (χ4v) is 3.33. The van der Waals surface area contributed by atoms with Crippen molar-refractivity contribution in [3.05, 3.63) is 23.2 Å². The van der Waals surface area contributed by atoms with Gasteiger partial charge in [0.2, 0.25) is 10.0 Å². The first-order valence-corrected chi connectivity index (χ1v) is 7.60. The van der Waals surface area contributed by atoms with Crippen LogP contribution in [0.3, 0.4) is 0 Å². The lowest BCUT2D eigenvalue weighted by Gasteiger charge is -2.13. The Morgan fingerprint density at radius 3 is 2.94 bits per heavy atom. The van der Waals surface area contributed by atoms with Crippen molar-refractivity contribution < 1.29 is 18.3 Å². The summed E-state index contributed by atoms with van der Waals surface area (Å²) in [5.74, 6) is -0.269. The Labute approximate surface area is 111 Å². The first-order chi connectivity index (χ1) is 8.46. The van der Waals surface area contributed by atoms with Gasteiger partial charge >= 0.3 is 0 Å². The number of ether oxygens (including phenoxy) is 1. The van der Waals surface area contributed by atoms with Crippen molar-refractivity contribution in [1.82, 2.24) is 0 Å². The number of anilines is 1. The van der Waals surface area contributed by atoms with E-state index in [4.69, 9.17) is 16.3 Å². The van der Waals surface area contributed by atoms with E-state index < -0.39 is 10.0 Å². The van der Waals surface area contributed by atoms with Gasteiger partial charge in [0.25, 0.3) is 0 Å². The van der Waals surface area contributed by atoms with E-state index in [2.05, 4.69) is 4.72 Å². The minimum Gasteiger partial charge on any atom is -0.506 e. The third kappa shape index (κ3) is 3.51. The van der Waals surface area contributed by atoms with Crippen LogP contribution in [0.15, 0.2) is 18.2 Å². The van der Waals surface area contributed by atoms with E-state index in [9.17, 15) is 13.5 Å². The van der Waals surface area contributed by atoms with Gasteiger partial charge in [-0.3, -0.25) is 4.72 Å². The average Bonchev–Trinajstić information content (AvgIpc) is 2.75. The molecule has 1 saturated heterocycles. The Bertz CT molecular complexity index is 526. The smallest absolute Gasteiger partial charge is 0.235 e. The van der Waals surface area contributed by atoms with Crippen molar-refractivity contribution in [2.24, 2.45) is 0 Å². The summed E-state index contributed by atoms with van der Waals surface area (Å²) < 4.78 is 31.3. The summed E-state index contributed by atoms with van der Waals surface area (Å²) in [7, 11) is -3.55. The highest BCUT2D eigenvalue weighted by Gasteiger charge is 2.23. The Kier molecular flexibility index (Phi) is 3.99. The van der Waals surface area contributed by atoms with Crippen LogP contribution < -0.4 is 4.72 Å². The maximum atomic E-state index is 11.9. The zero-order valence-corrected chi connectivity index (χ0v) is 11.2. The molecule has 1 atom stereocenters. The maximum absolute atomic E-state index is 11.9. The molecule has 1 heterocycles. The average molecular weight is 292 g/mol. The third-order valence-corrected chi connectivity index (χ3v) is 4.23. The van der Waals surface area contributed by atoms with Gasteiger partial charge in [-0.25, -0.2) is 8.42 Å². The molecule has 1 fully saturated rings. The molecule has 1 aromatic carbocycles. The maximum Gasteiger partial charge on any atom is 0.235 e. The second-order valence-corrected chi connectivity index (χ2v) is 6.38. The van der Waals surface area contributed by atoms with Crippen LogP contribution in [0.5, 0.6) is 5.75 Å². The number of halogens is 1. The molecule has 0 aromatic heterocycles. The van der Waals surface area contributed by atoms with Crippen molar-refractivity contribution >= 4 is 27.3 Å². The van der Waals surface area contributed by atoms with Crippen LogP contribution in [-0.4, -0.2) is 32.0 Å². The SMILES string of the molecule is O=S(=O)(CC1CCCO1)Nc1cc(Cl)ccc1O. The summed E-state index contributed by atoms with van der Waals surface area (Å²) >= 11 is 5.75. The number of phenolic OH excluding ortho intramolecular Hbond substituents is 1. The molecule has 1 unspecified atom stereocenters. The highest BCUT2D eigenvalue weighted by molar-refractivity contribution is 7.92. The van der Waals surface area contributed by atoms with Gasteiger partial charge in [-0.1, -0.05) is 11.6 Å². The summed E-state index contributed by atoms with van der Waals surface area (Å²) in [6, 6.07) is 4.19. The minimum absolute atomic E-state index is 0.0838. The summed E-state index contributed by atoms with van der Waals surface area (Å²) in [6.07, 6.45) is 1.34. The van der Waals surface area contributed by atoms with E-state index in [-0.39, 0.29) is 23.3 Å². The second-order valence-electron chi connectivity index (χ2n) is 4.18. The van der Waals surface area contributed by atoms with Crippen molar-refractivity contribution in [2.45, 2.75) is 18.9 Å². The van der Waals surface area contributed by atoms with E-state index in [1.54, 1.807) is 0 Å². The molecule has 1 aliphatic heterocycles. The summed E-state index contributed by atoms with van der Waals surface area (Å²) in [4.78, 5) is 0. The highest BCUT2D eigenvalue weighted by Crippen LogP contribution is 2.28. The molecule has 2 N–H and O–H groups in total. The molecule has 1 aromatic rings. The number of rotatable bonds is 4. The Balaban J connectivity index is 2.09. The summed E-state index contributed by atoms with van der Waals surface area (Å²) in [5, 5.41) is 9.89. The molecule has 2 rings (SSSR count). The molecule has 0 saturated carbocycles. The van der Waals surface area contributed by atoms with E-state index in [0.29, 0.717) is 11.6 Å². The molecule has 0 amide bonds. The van der Waals surface area contributed by atoms with Gasteiger partial charge in [-0.2, -0.15) is 0 Å². The predicted octanol–water partition coefficient (Wildman–Crippen LogP) is 1.97. The number of sulfonamides is 1. The van der Waals surface area contributed by atoms with Crippen molar-refractivity contribution in [2.75, 3.05) is 17.1 Å². The van der Waals surface area contributed by atoms with Crippen molar-refractivity contribution in [1.29, 1.82) is 0 Å². The Morgan fingerprint density at radius 1 is 1.50 bits per heavy atom. The van der Waals surface area contributed by atoms with Gasteiger partial charge in [0, 0.05) is 11.6 Å². The van der Waals surface area contributed by atoms with Gasteiger partial charge in [0.15, 0.2) is 0 Å². The zero-order chi connectivity index (χ0) is 13.2. The Hall–Kier alpha value is -0.980. The first-order valence-electron chi connectivity index (χ1n) is 5.57. The largest absolute Gasteiger partial charge is 0.506 e. The van der Waals surface area contributed by atoms with E-state index in [0.717, 1.165) is 12.8 Å². The standard InChI is InChI=1S/C11H14ClNO4S/c12-8-3-4-11(14)10(6-8)13-18(15,16)7-9-2-1-5-17-9/h3-4,6,9,13-14H,1-2,5,7H2. The predicted molar refractivity (Wildman–Crippen MR) is 69.5 cm³/mol. The molecule has 5 nitrogen and oxygen atoms in total. The van der Waals surface area contributed by atoms with E-state index >= 15 is 0 Å². The second kappa shape index (κ2) is 5.34. The van der Waals surface area contributed by atoms with Gasteiger partial charge in [-0.05, 0) is 31.0 Å².